The lowest BCUT2D eigenvalue weighted by Crippen LogP contribution is -2.39. The summed E-state index contributed by atoms with van der Waals surface area (Å²) >= 11 is 0. The van der Waals surface area contributed by atoms with Gasteiger partial charge in [-0.15, -0.1) is 0 Å². The smallest absolute Gasteiger partial charge is 0.373 e. The molecule has 0 unspecified atom stereocenters. The molecule has 6 heteroatoms. The first-order valence-electron chi connectivity index (χ1n) is 5.96. The van der Waals surface area contributed by atoms with Crippen molar-refractivity contribution >= 4 is 11.5 Å². The molecule has 1 aliphatic heterocycles. The second-order valence-corrected chi connectivity index (χ2v) is 4.45. The molecule has 0 bridgehead atoms. The summed E-state index contributed by atoms with van der Waals surface area (Å²) in [7, 11) is 1.77. The van der Waals surface area contributed by atoms with Gasteiger partial charge in [-0.2, -0.15) is 13.2 Å². The quantitative estimate of drug-likeness (QED) is 0.885. The van der Waals surface area contributed by atoms with Crippen LogP contribution in [0.15, 0.2) is 18.3 Å². The molecule has 2 heterocycles. The minimum absolute atomic E-state index is 0.167. The number of anilines is 2. The third-order valence-corrected chi connectivity index (χ3v) is 3.32. The van der Waals surface area contributed by atoms with Gasteiger partial charge in [0.25, 0.3) is 0 Å². The van der Waals surface area contributed by atoms with E-state index >= 15 is 0 Å². The predicted octanol–water partition coefficient (Wildman–Crippen LogP) is 2.90. The zero-order valence-corrected chi connectivity index (χ0v) is 10.2. The summed E-state index contributed by atoms with van der Waals surface area (Å²) < 4.78 is 37.7. The van der Waals surface area contributed by atoms with E-state index in [0.717, 1.165) is 11.5 Å². The fraction of sp³-hybridized carbons (Fsp3) is 0.583. The molecule has 0 saturated carbocycles. The van der Waals surface area contributed by atoms with Gasteiger partial charge in [-0.3, -0.25) is 0 Å². The molecule has 1 fully saturated rings. The highest BCUT2D eigenvalue weighted by Gasteiger charge is 2.41. The molecular formula is C12H16F3N3. The molecule has 0 aromatic carbocycles. The maximum absolute atomic E-state index is 12.6. The van der Waals surface area contributed by atoms with Crippen molar-refractivity contribution < 1.29 is 13.2 Å². The van der Waals surface area contributed by atoms with E-state index in [-0.39, 0.29) is 12.8 Å². The van der Waals surface area contributed by atoms with Crippen LogP contribution in [0, 0.1) is 5.92 Å². The van der Waals surface area contributed by atoms with Gasteiger partial charge in [0.1, 0.15) is 5.82 Å². The Morgan fingerprint density at radius 2 is 2.00 bits per heavy atom. The van der Waals surface area contributed by atoms with Gasteiger partial charge >= 0.3 is 6.18 Å². The summed E-state index contributed by atoms with van der Waals surface area (Å²) in [5, 5.41) is 2.92. The van der Waals surface area contributed by atoms with Crippen LogP contribution in [-0.4, -0.2) is 31.3 Å². The number of nitrogens with one attached hydrogen (secondary N) is 1. The third kappa shape index (κ3) is 2.86. The zero-order valence-electron chi connectivity index (χ0n) is 10.2. The minimum atomic E-state index is -4.06. The zero-order chi connectivity index (χ0) is 13.2. The second-order valence-electron chi connectivity index (χ2n) is 4.45. The Morgan fingerprint density at radius 3 is 2.56 bits per heavy atom. The Labute approximate surface area is 104 Å². The van der Waals surface area contributed by atoms with E-state index in [9.17, 15) is 13.2 Å². The molecule has 1 saturated heterocycles. The summed E-state index contributed by atoms with van der Waals surface area (Å²) in [5.74, 6) is -0.426. The number of halogens is 3. The highest BCUT2D eigenvalue weighted by molar-refractivity contribution is 5.53. The molecule has 1 aromatic heterocycles. The Balaban J connectivity index is 2.01. The Morgan fingerprint density at radius 1 is 1.33 bits per heavy atom. The summed E-state index contributed by atoms with van der Waals surface area (Å²) in [5.41, 5.74) is 0.926. The van der Waals surface area contributed by atoms with Crippen molar-refractivity contribution in [3.8, 4) is 0 Å². The standard InChI is InChI=1S/C12H16F3N3/c1-16-11-8-10(2-5-17-11)18-6-3-9(4-7-18)12(13,14)15/h2,5,8-9H,3-4,6-7H2,1H3,(H,16,17). The molecule has 0 radical (unpaired) electrons. The molecule has 1 N–H and O–H groups in total. The molecule has 0 atom stereocenters. The van der Waals surface area contributed by atoms with Crippen LogP contribution in [0.4, 0.5) is 24.7 Å². The molecule has 100 valence electrons. The number of nitrogens with zero attached hydrogens (tertiary/aromatic N) is 2. The normalized spacial score (nSPS) is 17.9. The summed E-state index contributed by atoms with van der Waals surface area (Å²) in [6, 6.07) is 3.68. The molecule has 0 spiro atoms. The fourth-order valence-electron chi connectivity index (χ4n) is 2.22. The first-order valence-corrected chi connectivity index (χ1v) is 5.96. The van der Waals surface area contributed by atoms with E-state index in [1.54, 1.807) is 13.2 Å². The van der Waals surface area contributed by atoms with Gasteiger partial charge in [0, 0.05) is 38.1 Å². The molecule has 1 aliphatic rings. The molecule has 0 aliphatic carbocycles. The number of hydrogen-bond donors (Lipinski definition) is 1. The molecule has 3 nitrogen and oxygen atoms in total. The van der Waals surface area contributed by atoms with Crippen LogP contribution in [-0.2, 0) is 0 Å². The van der Waals surface area contributed by atoms with Crippen molar-refractivity contribution in [1.82, 2.24) is 4.98 Å². The third-order valence-electron chi connectivity index (χ3n) is 3.32. The summed E-state index contributed by atoms with van der Waals surface area (Å²) in [6.45, 7) is 0.884. The fourth-order valence-corrected chi connectivity index (χ4v) is 2.22. The number of alkyl halides is 3. The van der Waals surface area contributed by atoms with Crippen LogP contribution in [0.1, 0.15) is 12.8 Å². The maximum atomic E-state index is 12.6. The van der Waals surface area contributed by atoms with E-state index in [4.69, 9.17) is 0 Å². The lowest BCUT2D eigenvalue weighted by molar-refractivity contribution is -0.179. The highest BCUT2D eigenvalue weighted by atomic mass is 19.4. The van der Waals surface area contributed by atoms with Crippen molar-refractivity contribution in [3.05, 3.63) is 18.3 Å². The van der Waals surface area contributed by atoms with E-state index in [1.165, 1.54) is 0 Å². The van der Waals surface area contributed by atoms with Crippen LogP contribution < -0.4 is 10.2 Å². The van der Waals surface area contributed by atoms with E-state index < -0.39 is 12.1 Å². The molecular weight excluding hydrogens is 243 g/mol. The van der Waals surface area contributed by atoms with E-state index in [2.05, 4.69) is 10.3 Å². The Hall–Kier alpha value is -1.46. The molecule has 2 rings (SSSR count). The minimum Gasteiger partial charge on any atom is -0.373 e. The largest absolute Gasteiger partial charge is 0.391 e. The number of hydrogen-bond acceptors (Lipinski definition) is 3. The predicted molar refractivity (Wildman–Crippen MR) is 64.8 cm³/mol. The Kier molecular flexibility index (Phi) is 3.63. The number of pyridine rings is 1. The topological polar surface area (TPSA) is 28.2 Å². The number of rotatable bonds is 2. The monoisotopic (exact) mass is 259 g/mol. The second kappa shape index (κ2) is 5.04. The number of aromatic nitrogens is 1. The van der Waals surface area contributed by atoms with Crippen LogP contribution in [0.25, 0.3) is 0 Å². The van der Waals surface area contributed by atoms with Crippen molar-refractivity contribution in [2.75, 3.05) is 30.4 Å². The molecule has 18 heavy (non-hydrogen) atoms. The van der Waals surface area contributed by atoms with Crippen LogP contribution >= 0.6 is 0 Å². The first kappa shape index (κ1) is 13.0. The van der Waals surface area contributed by atoms with Crippen molar-refractivity contribution in [2.24, 2.45) is 5.92 Å². The summed E-state index contributed by atoms with van der Waals surface area (Å²) in [4.78, 5) is 6.07. The first-order chi connectivity index (χ1) is 8.50. The lowest BCUT2D eigenvalue weighted by atomic mass is 9.96. The van der Waals surface area contributed by atoms with Gasteiger partial charge in [-0.25, -0.2) is 4.98 Å². The molecule has 0 amide bonds. The van der Waals surface area contributed by atoms with Gasteiger partial charge in [-0.1, -0.05) is 0 Å². The Bertz CT molecular complexity index is 398. The van der Waals surface area contributed by atoms with Gasteiger partial charge in [0.2, 0.25) is 0 Å². The maximum Gasteiger partial charge on any atom is 0.391 e. The lowest BCUT2D eigenvalue weighted by Gasteiger charge is -2.34. The van der Waals surface area contributed by atoms with Gasteiger partial charge in [0.15, 0.2) is 0 Å². The van der Waals surface area contributed by atoms with Crippen molar-refractivity contribution in [1.29, 1.82) is 0 Å². The average molecular weight is 259 g/mol. The van der Waals surface area contributed by atoms with Gasteiger partial charge < -0.3 is 10.2 Å². The average Bonchev–Trinajstić information content (AvgIpc) is 2.38. The summed E-state index contributed by atoms with van der Waals surface area (Å²) in [6.07, 6.45) is -2.06. The van der Waals surface area contributed by atoms with Crippen LogP contribution in [0.2, 0.25) is 0 Å². The van der Waals surface area contributed by atoms with E-state index in [1.807, 2.05) is 17.0 Å². The van der Waals surface area contributed by atoms with Gasteiger partial charge in [-0.05, 0) is 18.9 Å². The van der Waals surface area contributed by atoms with Crippen molar-refractivity contribution in [3.63, 3.8) is 0 Å². The number of piperidine rings is 1. The van der Waals surface area contributed by atoms with Crippen LogP contribution in [0.5, 0.6) is 0 Å². The molecule has 1 aromatic rings. The van der Waals surface area contributed by atoms with Crippen molar-refractivity contribution in [2.45, 2.75) is 19.0 Å². The van der Waals surface area contributed by atoms with Gasteiger partial charge in [0.05, 0.1) is 5.92 Å². The SMILES string of the molecule is CNc1cc(N2CCC(C(F)(F)F)CC2)ccn1. The highest BCUT2D eigenvalue weighted by Crippen LogP contribution is 2.35. The van der Waals surface area contributed by atoms with Crippen LogP contribution in [0.3, 0.4) is 0 Å². The van der Waals surface area contributed by atoms with E-state index in [0.29, 0.717) is 13.1 Å².